The van der Waals surface area contributed by atoms with Crippen LogP contribution in [0.15, 0.2) is 38.6 Å². The molecule has 0 saturated heterocycles. The molecule has 0 bridgehead atoms. The van der Waals surface area contributed by atoms with Gasteiger partial charge in [-0.3, -0.25) is 0 Å². The molecule has 2 amide bonds. The van der Waals surface area contributed by atoms with Crippen LogP contribution in [0.4, 0.5) is 4.79 Å². The zero-order chi connectivity index (χ0) is 18.4. The fraction of sp³-hybridized carbons (Fsp3) is 0.312. The van der Waals surface area contributed by atoms with Crippen LogP contribution in [0.3, 0.4) is 0 Å². The topological polar surface area (TPSA) is 107 Å². The minimum Gasteiger partial charge on any atom is -0.463 e. The quantitative estimate of drug-likeness (QED) is 0.547. The summed E-state index contributed by atoms with van der Waals surface area (Å²) in [4.78, 5) is 35.4. The van der Waals surface area contributed by atoms with Gasteiger partial charge in [0.2, 0.25) is 0 Å². The fourth-order valence-corrected chi connectivity index (χ4v) is 2.47. The van der Waals surface area contributed by atoms with Crippen LogP contribution in [-0.2, 0) is 19.1 Å². The molecule has 0 fully saturated rings. The molecule has 0 saturated carbocycles. The molecule has 1 aliphatic rings. The van der Waals surface area contributed by atoms with Gasteiger partial charge in [-0.15, -0.1) is 0 Å². The van der Waals surface area contributed by atoms with E-state index in [1.54, 1.807) is 26.0 Å². The number of amides is 2. The predicted octanol–water partition coefficient (Wildman–Crippen LogP) is 2.12. The Kier molecular flexibility index (Phi) is 6.40. The summed E-state index contributed by atoms with van der Waals surface area (Å²) in [5.41, 5.74) is 0.408. The number of furan rings is 1. The first-order valence-corrected chi connectivity index (χ1v) is 8.27. The number of carbonyl (C=O) groups is 3. The highest BCUT2D eigenvalue weighted by atomic mass is 79.9. The Morgan fingerprint density at radius 1 is 1.36 bits per heavy atom. The first-order valence-electron chi connectivity index (χ1n) is 7.48. The van der Waals surface area contributed by atoms with Gasteiger partial charge in [-0.25, -0.2) is 14.4 Å². The van der Waals surface area contributed by atoms with E-state index in [9.17, 15) is 14.4 Å². The largest absolute Gasteiger partial charge is 0.463 e. The van der Waals surface area contributed by atoms with Crippen LogP contribution >= 0.6 is 15.9 Å². The van der Waals surface area contributed by atoms with Crippen LogP contribution in [0, 0.1) is 0 Å². The molecule has 0 spiro atoms. The number of rotatable bonds is 6. The standard InChI is InChI=1S/C16H17BrN2O6/c1-3-23-15(21)14-9(2)18-16(22)19-11(14)8-24-13(20)7-5-10-4-6-12(17)25-10/h4-7,9H,3,8H2,1-2H3,(H2,18,19,22)/b7-5-/t9-/m0/s1. The molecule has 9 heteroatoms. The second-order valence-corrected chi connectivity index (χ2v) is 5.80. The fourth-order valence-electron chi connectivity index (χ4n) is 2.15. The highest BCUT2D eigenvalue weighted by Crippen LogP contribution is 2.16. The van der Waals surface area contributed by atoms with E-state index in [0.717, 1.165) is 0 Å². The van der Waals surface area contributed by atoms with Crippen molar-refractivity contribution in [3.05, 3.63) is 39.9 Å². The maximum atomic E-state index is 12.0. The van der Waals surface area contributed by atoms with Crippen LogP contribution in [0.1, 0.15) is 19.6 Å². The van der Waals surface area contributed by atoms with E-state index in [4.69, 9.17) is 13.9 Å². The maximum absolute atomic E-state index is 12.0. The molecule has 2 N–H and O–H groups in total. The van der Waals surface area contributed by atoms with Gasteiger partial charge in [-0.05, 0) is 48.0 Å². The van der Waals surface area contributed by atoms with Crippen LogP contribution < -0.4 is 10.6 Å². The third kappa shape index (κ3) is 5.21. The minimum atomic E-state index is -0.649. The minimum absolute atomic E-state index is 0.192. The molecule has 134 valence electrons. The molecule has 0 unspecified atom stereocenters. The van der Waals surface area contributed by atoms with Crippen molar-refractivity contribution in [3.8, 4) is 0 Å². The average molecular weight is 413 g/mol. The number of hydrogen-bond acceptors (Lipinski definition) is 6. The first-order chi connectivity index (χ1) is 11.9. The van der Waals surface area contributed by atoms with Gasteiger partial charge in [0.25, 0.3) is 0 Å². The summed E-state index contributed by atoms with van der Waals surface area (Å²) >= 11 is 3.15. The summed E-state index contributed by atoms with van der Waals surface area (Å²) in [7, 11) is 0. The highest BCUT2D eigenvalue weighted by Gasteiger charge is 2.30. The smallest absolute Gasteiger partial charge is 0.338 e. The van der Waals surface area contributed by atoms with Crippen molar-refractivity contribution in [3.63, 3.8) is 0 Å². The Hall–Kier alpha value is -2.55. The first kappa shape index (κ1) is 18.8. The number of nitrogens with one attached hydrogen (secondary N) is 2. The Morgan fingerprint density at radius 3 is 2.76 bits per heavy atom. The SMILES string of the molecule is CCOC(=O)C1=C(COC(=O)/C=C\c2ccc(Br)o2)NC(=O)N[C@H]1C. The number of ether oxygens (including phenoxy) is 2. The number of halogens is 1. The Labute approximate surface area is 152 Å². The van der Waals surface area contributed by atoms with E-state index < -0.39 is 24.0 Å². The van der Waals surface area contributed by atoms with E-state index in [0.29, 0.717) is 10.4 Å². The van der Waals surface area contributed by atoms with Crippen LogP contribution in [0.25, 0.3) is 6.08 Å². The van der Waals surface area contributed by atoms with Gasteiger partial charge in [0.05, 0.1) is 23.9 Å². The number of hydrogen-bond donors (Lipinski definition) is 2. The molecule has 1 aromatic heterocycles. The molecule has 0 radical (unpaired) electrons. The molecular weight excluding hydrogens is 396 g/mol. The van der Waals surface area contributed by atoms with Crippen molar-refractivity contribution in [2.75, 3.05) is 13.2 Å². The van der Waals surface area contributed by atoms with Gasteiger partial charge in [0.1, 0.15) is 12.4 Å². The summed E-state index contributed by atoms with van der Waals surface area (Å²) < 4.78 is 15.8. The molecule has 1 atom stereocenters. The lowest BCUT2D eigenvalue weighted by Gasteiger charge is -2.26. The summed E-state index contributed by atoms with van der Waals surface area (Å²) in [6.45, 7) is 3.24. The number of esters is 2. The Bertz CT molecular complexity index is 737. The third-order valence-electron chi connectivity index (χ3n) is 3.20. The van der Waals surface area contributed by atoms with E-state index in [2.05, 4.69) is 26.6 Å². The Balaban J connectivity index is 2.05. The van der Waals surface area contributed by atoms with Gasteiger partial charge in [-0.2, -0.15) is 0 Å². The normalized spacial score (nSPS) is 17.2. The maximum Gasteiger partial charge on any atom is 0.338 e. The number of urea groups is 1. The zero-order valence-electron chi connectivity index (χ0n) is 13.6. The number of carbonyl (C=O) groups excluding carboxylic acids is 3. The predicted molar refractivity (Wildman–Crippen MR) is 91.2 cm³/mol. The van der Waals surface area contributed by atoms with Crippen molar-refractivity contribution in [1.82, 2.24) is 10.6 Å². The summed E-state index contributed by atoms with van der Waals surface area (Å²) in [6.07, 6.45) is 2.62. The van der Waals surface area contributed by atoms with Crippen molar-refractivity contribution in [1.29, 1.82) is 0 Å². The molecule has 0 aromatic carbocycles. The van der Waals surface area contributed by atoms with Gasteiger partial charge in [-0.1, -0.05) is 0 Å². The lowest BCUT2D eigenvalue weighted by Crippen LogP contribution is -2.50. The zero-order valence-corrected chi connectivity index (χ0v) is 15.2. The molecule has 2 heterocycles. The van der Waals surface area contributed by atoms with Gasteiger partial charge < -0.3 is 24.5 Å². The van der Waals surface area contributed by atoms with E-state index >= 15 is 0 Å². The monoisotopic (exact) mass is 412 g/mol. The molecule has 8 nitrogen and oxygen atoms in total. The van der Waals surface area contributed by atoms with Crippen molar-refractivity contribution < 1.29 is 28.3 Å². The molecular formula is C16H17BrN2O6. The molecule has 25 heavy (non-hydrogen) atoms. The molecule has 1 aromatic rings. The molecule has 0 aliphatic carbocycles. The molecule has 2 rings (SSSR count). The summed E-state index contributed by atoms with van der Waals surface area (Å²) in [6, 6.07) is 2.32. The van der Waals surface area contributed by atoms with E-state index in [1.165, 1.54) is 12.2 Å². The van der Waals surface area contributed by atoms with Gasteiger partial charge >= 0.3 is 18.0 Å². The summed E-state index contributed by atoms with van der Waals surface area (Å²) in [5.74, 6) is -0.757. The van der Waals surface area contributed by atoms with Gasteiger partial charge in [0.15, 0.2) is 4.67 Å². The lowest BCUT2D eigenvalue weighted by molar-refractivity contribution is -0.140. The van der Waals surface area contributed by atoms with Crippen molar-refractivity contribution >= 4 is 40.0 Å². The molecule has 1 aliphatic heterocycles. The summed E-state index contributed by atoms with van der Waals surface area (Å²) in [5, 5.41) is 5.03. The second-order valence-electron chi connectivity index (χ2n) is 5.02. The average Bonchev–Trinajstić information content (AvgIpc) is 2.96. The second kappa shape index (κ2) is 8.52. The van der Waals surface area contributed by atoms with Crippen LogP contribution in [-0.4, -0.2) is 37.2 Å². The van der Waals surface area contributed by atoms with E-state index in [-0.39, 0.29) is 24.5 Å². The third-order valence-corrected chi connectivity index (χ3v) is 3.63. The van der Waals surface area contributed by atoms with Crippen molar-refractivity contribution in [2.45, 2.75) is 19.9 Å². The van der Waals surface area contributed by atoms with Crippen molar-refractivity contribution in [2.24, 2.45) is 0 Å². The van der Waals surface area contributed by atoms with Crippen LogP contribution in [0.2, 0.25) is 0 Å². The highest BCUT2D eigenvalue weighted by molar-refractivity contribution is 9.10. The van der Waals surface area contributed by atoms with E-state index in [1.807, 2.05) is 0 Å². The van der Waals surface area contributed by atoms with Crippen LogP contribution in [0.5, 0.6) is 0 Å². The van der Waals surface area contributed by atoms with Gasteiger partial charge in [0, 0.05) is 6.08 Å². The Morgan fingerprint density at radius 2 is 2.12 bits per heavy atom. The lowest BCUT2D eigenvalue weighted by atomic mass is 10.0.